The molecule has 1 unspecified atom stereocenters. The molecule has 0 aliphatic heterocycles. The molecule has 0 amide bonds. The predicted octanol–water partition coefficient (Wildman–Crippen LogP) is 4.47. The molecule has 4 aliphatic carbocycles. The summed E-state index contributed by atoms with van der Waals surface area (Å²) in [5.74, 6) is -3.30. The van der Waals surface area contributed by atoms with Gasteiger partial charge >= 0.3 is 5.97 Å². The van der Waals surface area contributed by atoms with Crippen LogP contribution >= 0.6 is 0 Å². The number of carboxylic acid groups (broad SMARTS) is 1. The molecular formula is C30H38O7. The minimum absolute atomic E-state index is 0.0770. The van der Waals surface area contributed by atoms with E-state index in [0.29, 0.717) is 29.6 Å². The van der Waals surface area contributed by atoms with E-state index in [2.05, 4.69) is 0 Å². The number of carboxylic acids is 1. The van der Waals surface area contributed by atoms with Crippen molar-refractivity contribution in [1.29, 1.82) is 0 Å². The Hall–Kier alpha value is -2.70. The van der Waals surface area contributed by atoms with Crippen molar-refractivity contribution in [3.8, 4) is 0 Å². The predicted molar refractivity (Wildman–Crippen MR) is 135 cm³/mol. The number of fused-ring (bicyclic) bond motifs is 4. The molecule has 1 N–H and O–H groups in total. The number of allylic oxidation sites excluding steroid dienone is 4. The number of carbonyl (C=O) groups excluding carboxylic acids is 5. The van der Waals surface area contributed by atoms with Crippen LogP contribution in [0.1, 0.15) is 87.0 Å². The third-order valence-corrected chi connectivity index (χ3v) is 10.8. The van der Waals surface area contributed by atoms with Gasteiger partial charge in [0.2, 0.25) is 0 Å². The van der Waals surface area contributed by atoms with Crippen LogP contribution in [0, 0.1) is 39.4 Å². The van der Waals surface area contributed by atoms with Gasteiger partial charge in [0.1, 0.15) is 11.6 Å². The third-order valence-electron chi connectivity index (χ3n) is 10.8. The zero-order valence-electron chi connectivity index (χ0n) is 22.9. The molecule has 0 aromatic rings. The van der Waals surface area contributed by atoms with Gasteiger partial charge < -0.3 is 5.11 Å². The summed E-state index contributed by atoms with van der Waals surface area (Å²) in [4.78, 5) is 78.2. The van der Waals surface area contributed by atoms with Crippen molar-refractivity contribution in [3.63, 3.8) is 0 Å². The van der Waals surface area contributed by atoms with E-state index < -0.39 is 39.5 Å². The number of carbonyl (C=O) groups is 6. The van der Waals surface area contributed by atoms with Crippen LogP contribution in [0.2, 0.25) is 0 Å². The van der Waals surface area contributed by atoms with E-state index in [9.17, 15) is 28.8 Å². The van der Waals surface area contributed by atoms with Crippen molar-refractivity contribution < 1.29 is 33.9 Å². The Labute approximate surface area is 218 Å². The molecule has 7 heteroatoms. The smallest absolute Gasteiger partial charge is 0.306 e. The molecule has 4 rings (SSSR count). The monoisotopic (exact) mass is 510 g/mol. The minimum Gasteiger partial charge on any atom is -0.481 e. The summed E-state index contributed by atoms with van der Waals surface area (Å²) >= 11 is 0. The molecule has 0 aromatic heterocycles. The molecule has 0 radical (unpaired) electrons. The van der Waals surface area contributed by atoms with Crippen molar-refractivity contribution in [2.45, 2.75) is 87.0 Å². The zero-order chi connectivity index (χ0) is 27.9. The fourth-order valence-corrected chi connectivity index (χ4v) is 8.23. The van der Waals surface area contributed by atoms with Crippen LogP contribution < -0.4 is 0 Å². The molecule has 200 valence electrons. The second-order valence-corrected chi connectivity index (χ2v) is 13.1. The van der Waals surface area contributed by atoms with Gasteiger partial charge in [0.15, 0.2) is 17.3 Å². The lowest BCUT2D eigenvalue weighted by molar-refractivity contribution is -0.147. The van der Waals surface area contributed by atoms with Gasteiger partial charge in [-0.1, -0.05) is 40.2 Å². The Kier molecular flexibility index (Phi) is 6.21. The van der Waals surface area contributed by atoms with Crippen LogP contribution in [0.5, 0.6) is 0 Å². The molecule has 6 atom stereocenters. The Morgan fingerprint density at radius 2 is 1.59 bits per heavy atom. The molecule has 37 heavy (non-hydrogen) atoms. The molecular weight excluding hydrogens is 472 g/mol. The first-order chi connectivity index (χ1) is 16.9. The molecule has 0 heterocycles. The van der Waals surface area contributed by atoms with Gasteiger partial charge in [0.25, 0.3) is 0 Å². The Morgan fingerprint density at radius 1 is 0.973 bits per heavy atom. The van der Waals surface area contributed by atoms with Crippen LogP contribution in [0.3, 0.4) is 0 Å². The fourth-order valence-electron chi connectivity index (χ4n) is 8.23. The van der Waals surface area contributed by atoms with Gasteiger partial charge in [0.05, 0.1) is 11.3 Å². The summed E-state index contributed by atoms with van der Waals surface area (Å²) in [6.07, 6.45) is 2.40. The quantitative estimate of drug-likeness (QED) is 0.542. The summed E-state index contributed by atoms with van der Waals surface area (Å²) < 4.78 is 0. The molecule has 0 spiro atoms. The van der Waals surface area contributed by atoms with E-state index in [0.717, 1.165) is 0 Å². The van der Waals surface area contributed by atoms with E-state index >= 15 is 0 Å². The second kappa shape index (κ2) is 8.40. The van der Waals surface area contributed by atoms with Crippen LogP contribution in [-0.4, -0.2) is 40.0 Å². The van der Waals surface area contributed by atoms with Crippen molar-refractivity contribution >= 4 is 34.9 Å². The van der Waals surface area contributed by atoms with Crippen molar-refractivity contribution in [2.75, 3.05) is 0 Å². The molecule has 0 saturated heterocycles. The number of rotatable bonds is 5. The maximum absolute atomic E-state index is 14.0. The summed E-state index contributed by atoms with van der Waals surface area (Å²) in [5.41, 5.74) is -2.04. The van der Waals surface area contributed by atoms with Gasteiger partial charge in [-0.3, -0.25) is 28.8 Å². The van der Waals surface area contributed by atoms with Crippen LogP contribution in [0.25, 0.3) is 0 Å². The topological polar surface area (TPSA) is 123 Å². The number of aliphatic carboxylic acids is 1. The normalized spacial score (nSPS) is 38.2. The number of ketones is 5. The number of hydrogen-bond acceptors (Lipinski definition) is 6. The molecule has 2 fully saturated rings. The van der Waals surface area contributed by atoms with Crippen molar-refractivity contribution in [3.05, 3.63) is 22.8 Å². The standard InChI is InChI=1S/C30H38O7/c1-15(10-17(31)11-16(2)26(36)37)18-12-23(35)30(7)25-19(32)13-21-27(3,4)22(34)8-9-28(21,5)24(25)20(33)14-29(18,30)6/h10,16,18,21H,8-9,11-14H2,1-7H3,(H,36,37)/b15-10+/t16?,18-,21+,28+,29-,30+/m1/s1. The van der Waals surface area contributed by atoms with Gasteiger partial charge in [-0.2, -0.15) is 0 Å². The second-order valence-electron chi connectivity index (χ2n) is 13.1. The van der Waals surface area contributed by atoms with Crippen molar-refractivity contribution in [1.82, 2.24) is 0 Å². The third kappa shape index (κ3) is 3.59. The highest BCUT2D eigenvalue weighted by molar-refractivity contribution is 6.17. The van der Waals surface area contributed by atoms with Gasteiger partial charge in [0, 0.05) is 54.1 Å². The van der Waals surface area contributed by atoms with Gasteiger partial charge in [-0.15, -0.1) is 0 Å². The average Bonchev–Trinajstić information content (AvgIpc) is 2.99. The first-order valence-electron chi connectivity index (χ1n) is 13.2. The molecule has 4 aliphatic rings. The Morgan fingerprint density at radius 3 is 2.19 bits per heavy atom. The maximum atomic E-state index is 14.0. The zero-order valence-corrected chi connectivity index (χ0v) is 22.9. The highest BCUT2D eigenvalue weighted by Gasteiger charge is 2.70. The lowest BCUT2D eigenvalue weighted by Gasteiger charge is -2.58. The van der Waals surface area contributed by atoms with Crippen molar-refractivity contribution in [2.24, 2.45) is 39.4 Å². The highest BCUT2D eigenvalue weighted by atomic mass is 16.4. The average molecular weight is 511 g/mol. The van der Waals surface area contributed by atoms with Crippen LogP contribution in [0.4, 0.5) is 0 Å². The summed E-state index contributed by atoms with van der Waals surface area (Å²) in [5, 5.41) is 9.14. The number of hydrogen-bond donors (Lipinski definition) is 1. The molecule has 0 bridgehead atoms. The number of Topliss-reactive ketones (excluding diaryl/α,β-unsaturated/α-hetero) is 4. The Bertz CT molecular complexity index is 1220. The van der Waals surface area contributed by atoms with Gasteiger partial charge in [-0.25, -0.2) is 0 Å². The lowest BCUT2D eigenvalue weighted by Crippen LogP contribution is -2.59. The summed E-state index contributed by atoms with van der Waals surface area (Å²) in [6, 6.07) is 0. The minimum atomic E-state index is -1.18. The molecule has 0 aromatic carbocycles. The Balaban J connectivity index is 1.81. The SMILES string of the molecule is C/C(=C\C(=O)CC(C)C(=O)O)[C@H]1CC(=O)[C@@]2(C)C3=C(C(=O)C[C@]12C)[C@@]1(C)CCC(=O)C(C)(C)[C@@H]1CC3=O. The summed E-state index contributed by atoms with van der Waals surface area (Å²) in [7, 11) is 0. The highest BCUT2D eigenvalue weighted by Crippen LogP contribution is 2.69. The summed E-state index contributed by atoms with van der Waals surface area (Å²) in [6.45, 7) is 12.6. The fraction of sp³-hybridized carbons (Fsp3) is 0.667. The van der Waals surface area contributed by atoms with E-state index in [-0.39, 0.29) is 60.5 Å². The van der Waals surface area contributed by atoms with Crippen LogP contribution in [0.15, 0.2) is 22.8 Å². The van der Waals surface area contributed by atoms with Crippen LogP contribution in [-0.2, 0) is 28.8 Å². The van der Waals surface area contributed by atoms with E-state index in [4.69, 9.17) is 5.11 Å². The largest absolute Gasteiger partial charge is 0.481 e. The van der Waals surface area contributed by atoms with E-state index in [1.165, 1.54) is 13.0 Å². The maximum Gasteiger partial charge on any atom is 0.306 e. The van der Waals surface area contributed by atoms with E-state index in [1.807, 2.05) is 27.7 Å². The molecule has 7 nitrogen and oxygen atoms in total. The van der Waals surface area contributed by atoms with E-state index in [1.54, 1.807) is 13.8 Å². The lowest BCUT2D eigenvalue weighted by atomic mass is 9.43. The van der Waals surface area contributed by atoms with Gasteiger partial charge in [-0.05, 0) is 43.6 Å². The molecule has 2 saturated carbocycles. The first-order valence-corrected chi connectivity index (χ1v) is 13.2. The first kappa shape index (κ1) is 27.3.